The molecule has 2 saturated heterocycles. The Balaban J connectivity index is 2.04. The van der Waals surface area contributed by atoms with Gasteiger partial charge < -0.3 is 11.1 Å². The third-order valence-electron chi connectivity index (χ3n) is 4.32. The Morgan fingerprint density at radius 1 is 1.23 bits per heavy atom. The number of benzene rings is 1. The van der Waals surface area contributed by atoms with Gasteiger partial charge in [0, 0.05) is 28.7 Å². The van der Waals surface area contributed by atoms with Crippen LogP contribution in [0.2, 0.25) is 0 Å². The van der Waals surface area contributed by atoms with Crippen molar-refractivity contribution in [2.75, 3.05) is 13.1 Å². The highest BCUT2D eigenvalue weighted by Gasteiger charge is 2.43. The first-order valence-electron chi connectivity index (χ1n) is 7.24. The highest BCUT2D eigenvalue weighted by Crippen LogP contribution is 2.34. The summed E-state index contributed by atoms with van der Waals surface area (Å²) in [5.41, 5.74) is 5.48. The van der Waals surface area contributed by atoms with Gasteiger partial charge in [-0.2, -0.15) is 4.31 Å². The van der Waals surface area contributed by atoms with Crippen LogP contribution < -0.4 is 11.1 Å². The molecule has 2 heterocycles. The molecule has 2 fully saturated rings. The largest absolute Gasteiger partial charge is 0.366 e. The van der Waals surface area contributed by atoms with Crippen LogP contribution in [0.3, 0.4) is 0 Å². The zero-order valence-corrected chi connectivity index (χ0v) is 14.4. The lowest BCUT2D eigenvalue weighted by Crippen LogP contribution is -2.42. The summed E-state index contributed by atoms with van der Waals surface area (Å²) in [5.74, 6) is -0.641. The Hall–Kier alpha value is -0.960. The Bertz CT molecular complexity index is 693. The summed E-state index contributed by atoms with van der Waals surface area (Å²) in [4.78, 5) is 11.5. The number of fused-ring (bicyclic) bond motifs is 2. The highest BCUT2D eigenvalue weighted by atomic mass is 79.9. The van der Waals surface area contributed by atoms with Crippen LogP contribution in [-0.4, -0.2) is 43.8 Å². The monoisotopic (exact) mass is 387 g/mol. The number of carbonyl (C=O) groups is 1. The maximum Gasteiger partial charge on any atom is 0.248 e. The maximum absolute atomic E-state index is 13.1. The van der Waals surface area contributed by atoms with Crippen molar-refractivity contribution in [1.82, 2.24) is 9.62 Å². The van der Waals surface area contributed by atoms with Crippen molar-refractivity contribution in [2.45, 2.75) is 36.2 Å². The first kappa shape index (κ1) is 15.9. The summed E-state index contributed by atoms with van der Waals surface area (Å²) in [6, 6.07) is 4.43. The van der Waals surface area contributed by atoms with Gasteiger partial charge in [0.15, 0.2) is 0 Å². The quantitative estimate of drug-likeness (QED) is 0.810. The Labute approximate surface area is 138 Å². The van der Waals surface area contributed by atoms with Crippen molar-refractivity contribution in [3.63, 3.8) is 0 Å². The molecule has 1 amide bonds. The molecule has 1 aromatic rings. The third kappa shape index (κ3) is 2.80. The second-order valence-corrected chi connectivity index (χ2v) is 8.51. The summed E-state index contributed by atoms with van der Waals surface area (Å²) in [5, 5.41) is 3.28. The molecule has 2 aliphatic rings. The van der Waals surface area contributed by atoms with Crippen molar-refractivity contribution in [2.24, 2.45) is 5.73 Å². The topological polar surface area (TPSA) is 92.5 Å². The summed E-state index contributed by atoms with van der Waals surface area (Å²) in [6.45, 7) is 1.50. The van der Waals surface area contributed by atoms with Crippen molar-refractivity contribution in [3.8, 4) is 0 Å². The minimum atomic E-state index is -3.64. The highest BCUT2D eigenvalue weighted by molar-refractivity contribution is 9.10. The van der Waals surface area contributed by atoms with Gasteiger partial charge in [-0.1, -0.05) is 15.9 Å². The number of sulfonamides is 1. The number of hydrogen-bond acceptors (Lipinski definition) is 4. The average Bonchev–Trinajstić information content (AvgIpc) is 2.72. The molecule has 3 N–H and O–H groups in total. The molecule has 0 aromatic heterocycles. The Morgan fingerprint density at radius 3 is 2.68 bits per heavy atom. The third-order valence-corrected chi connectivity index (χ3v) is 6.76. The number of nitrogens with two attached hydrogens (primary N) is 1. The number of rotatable bonds is 3. The molecule has 2 aliphatic heterocycles. The number of halogens is 1. The molecule has 0 radical (unpaired) electrons. The second kappa shape index (κ2) is 5.92. The number of nitrogens with one attached hydrogen (secondary N) is 1. The molecular formula is C14H18BrN3O3S. The molecule has 0 saturated carbocycles. The van der Waals surface area contributed by atoms with Crippen LogP contribution in [-0.2, 0) is 10.0 Å². The molecule has 6 nitrogen and oxygen atoms in total. The molecule has 120 valence electrons. The van der Waals surface area contributed by atoms with Gasteiger partial charge in [0.05, 0.1) is 4.90 Å². The molecule has 0 spiro atoms. The van der Waals surface area contributed by atoms with Crippen molar-refractivity contribution >= 4 is 31.9 Å². The molecule has 22 heavy (non-hydrogen) atoms. The summed E-state index contributed by atoms with van der Waals surface area (Å²) in [7, 11) is -3.64. The predicted octanol–water partition coefficient (Wildman–Crippen LogP) is 1.06. The van der Waals surface area contributed by atoms with Crippen LogP contribution >= 0.6 is 15.9 Å². The number of carbonyl (C=O) groups excluding carboxylic acids is 1. The van der Waals surface area contributed by atoms with E-state index in [1.165, 1.54) is 18.2 Å². The lowest BCUT2D eigenvalue weighted by atomic mass is 10.1. The van der Waals surface area contributed by atoms with Gasteiger partial charge in [0.1, 0.15) is 0 Å². The molecule has 2 bridgehead atoms. The van der Waals surface area contributed by atoms with Crippen molar-refractivity contribution in [3.05, 3.63) is 28.2 Å². The van der Waals surface area contributed by atoms with E-state index in [4.69, 9.17) is 5.73 Å². The first-order chi connectivity index (χ1) is 10.4. The minimum Gasteiger partial charge on any atom is -0.366 e. The molecule has 3 rings (SSSR count). The smallest absolute Gasteiger partial charge is 0.248 e. The van der Waals surface area contributed by atoms with E-state index in [-0.39, 0.29) is 22.5 Å². The number of hydrogen-bond donors (Lipinski definition) is 2. The van der Waals surface area contributed by atoms with E-state index >= 15 is 0 Å². The summed E-state index contributed by atoms with van der Waals surface area (Å²) in [6.07, 6.45) is 2.57. The molecule has 2 unspecified atom stereocenters. The van der Waals surface area contributed by atoms with E-state index < -0.39 is 15.9 Å². The van der Waals surface area contributed by atoms with Gasteiger partial charge in [-0.15, -0.1) is 0 Å². The number of amides is 1. The predicted molar refractivity (Wildman–Crippen MR) is 86.0 cm³/mol. The van der Waals surface area contributed by atoms with E-state index in [9.17, 15) is 13.2 Å². The fourth-order valence-corrected chi connectivity index (χ4v) is 5.92. The number of primary amides is 1. The lowest BCUT2D eigenvalue weighted by molar-refractivity contribution is 0.1000. The van der Waals surface area contributed by atoms with E-state index in [0.29, 0.717) is 11.0 Å². The Kier molecular flexibility index (Phi) is 4.28. The van der Waals surface area contributed by atoms with E-state index in [0.717, 1.165) is 25.8 Å². The van der Waals surface area contributed by atoms with Crippen LogP contribution in [0.5, 0.6) is 0 Å². The normalized spacial score (nSPS) is 25.9. The maximum atomic E-state index is 13.1. The first-order valence-corrected chi connectivity index (χ1v) is 9.47. The number of nitrogens with zero attached hydrogens (tertiary/aromatic N) is 1. The van der Waals surface area contributed by atoms with Gasteiger partial charge >= 0.3 is 0 Å². The zero-order chi connectivity index (χ0) is 15.9. The molecule has 0 aliphatic carbocycles. The fraction of sp³-hybridized carbons (Fsp3) is 0.500. The van der Waals surface area contributed by atoms with E-state index in [1.807, 2.05) is 0 Å². The Morgan fingerprint density at radius 2 is 1.95 bits per heavy atom. The molecule has 2 atom stereocenters. The molecular weight excluding hydrogens is 370 g/mol. The van der Waals surface area contributed by atoms with Crippen LogP contribution in [0, 0.1) is 0 Å². The van der Waals surface area contributed by atoms with Gasteiger partial charge in [-0.3, -0.25) is 4.79 Å². The van der Waals surface area contributed by atoms with Crippen LogP contribution in [0.4, 0.5) is 0 Å². The standard InChI is InChI=1S/C14H18BrN3O3S/c15-10-5-9(14(16)19)6-13(7-10)22(20,21)18-11-1-2-12(18)8-17-4-3-11/h5-7,11-12,17H,1-4,8H2,(H2,16,19). The second-order valence-electron chi connectivity index (χ2n) is 5.75. The summed E-state index contributed by atoms with van der Waals surface area (Å²) >= 11 is 3.26. The SMILES string of the molecule is NC(=O)c1cc(Br)cc(S(=O)(=O)N2C3CCNCC2CC3)c1. The van der Waals surface area contributed by atoms with Crippen LogP contribution in [0.15, 0.2) is 27.6 Å². The molecule has 8 heteroatoms. The fourth-order valence-electron chi connectivity index (χ4n) is 3.31. The van der Waals surface area contributed by atoms with Crippen molar-refractivity contribution in [1.29, 1.82) is 0 Å². The summed E-state index contributed by atoms with van der Waals surface area (Å²) < 4.78 is 28.3. The van der Waals surface area contributed by atoms with Gasteiger partial charge in [-0.25, -0.2) is 8.42 Å². The van der Waals surface area contributed by atoms with E-state index in [1.54, 1.807) is 4.31 Å². The van der Waals surface area contributed by atoms with Crippen LogP contribution in [0.25, 0.3) is 0 Å². The van der Waals surface area contributed by atoms with Gasteiger partial charge in [0.2, 0.25) is 15.9 Å². The molecule has 1 aromatic carbocycles. The van der Waals surface area contributed by atoms with Gasteiger partial charge in [-0.05, 0) is 44.0 Å². The van der Waals surface area contributed by atoms with E-state index in [2.05, 4.69) is 21.2 Å². The van der Waals surface area contributed by atoms with Crippen molar-refractivity contribution < 1.29 is 13.2 Å². The lowest BCUT2D eigenvalue weighted by Gasteiger charge is -2.27. The zero-order valence-electron chi connectivity index (χ0n) is 12.0. The van der Waals surface area contributed by atoms with Crippen LogP contribution in [0.1, 0.15) is 29.6 Å². The minimum absolute atomic E-state index is 0.0199. The average molecular weight is 388 g/mol. The van der Waals surface area contributed by atoms with Gasteiger partial charge in [0.25, 0.3) is 0 Å².